The topological polar surface area (TPSA) is 54.3 Å². The van der Waals surface area contributed by atoms with Crippen LogP contribution in [-0.2, 0) is 17.8 Å². The lowest BCUT2D eigenvalue weighted by atomic mass is 10.1. The summed E-state index contributed by atoms with van der Waals surface area (Å²) >= 11 is 0. The standard InChI is InChI=1S/C22H23N3O2/c1-16(26)25-14-10-18-15-19(7-8-21(18)25)22(27)23-11-4-12-24-13-9-17-5-2-3-6-20(17)24/h2-3,5-9,13,15H,4,10-12,14H2,1H3,(H,23,27). The van der Waals surface area contributed by atoms with Crippen LogP contribution in [-0.4, -0.2) is 29.5 Å². The molecule has 138 valence electrons. The normalized spacial score (nSPS) is 13.0. The molecule has 0 unspecified atom stereocenters. The predicted octanol–water partition coefficient (Wildman–Crippen LogP) is 3.37. The Hall–Kier alpha value is -3.08. The van der Waals surface area contributed by atoms with Gasteiger partial charge in [-0.15, -0.1) is 0 Å². The molecule has 5 nitrogen and oxygen atoms in total. The summed E-state index contributed by atoms with van der Waals surface area (Å²) in [5, 5.41) is 4.24. The van der Waals surface area contributed by atoms with Crippen molar-refractivity contribution in [2.24, 2.45) is 0 Å². The number of nitrogens with one attached hydrogen (secondary N) is 1. The van der Waals surface area contributed by atoms with Crippen LogP contribution < -0.4 is 10.2 Å². The molecule has 0 atom stereocenters. The van der Waals surface area contributed by atoms with Crippen LogP contribution in [0, 0.1) is 0 Å². The van der Waals surface area contributed by atoms with E-state index in [4.69, 9.17) is 0 Å². The fraction of sp³-hybridized carbons (Fsp3) is 0.273. The molecular weight excluding hydrogens is 338 g/mol. The number of aromatic nitrogens is 1. The fourth-order valence-electron chi connectivity index (χ4n) is 3.76. The average Bonchev–Trinajstić information content (AvgIpc) is 3.28. The van der Waals surface area contributed by atoms with E-state index in [9.17, 15) is 9.59 Å². The van der Waals surface area contributed by atoms with Gasteiger partial charge in [0.15, 0.2) is 0 Å². The van der Waals surface area contributed by atoms with Crippen LogP contribution in [0.2, 0.25) is 0 Å². The maximum Gasteiger partial charge on any atom is 0.251 e. The molecule has 0 spiro atoms. The first-order valence-corrected chi connectivity index (χ1v) is 9.36. The molecule has 2 aromatic carbocycles. The van der Waals surface area contributed by atoms with Crippen LogP contribution in [0.4, 0.5) is 5.69 Å². The summed E-state index contributed by atoms with van der Waals surface area (Å²) in [6.45, 7) is 3.76. The minimum atomic E-state index is -0.0589. The van der Waals surface area contributed by atoms with Crippen LogP contribution in [0.3, 0.4) is 0 Å². The monoisotopic (exact) mass is 361 g/mol. The Labute approximate surface area is 158 Å². The Bertz CT molecular complexity index is 1010. The summed E-state index contributed by atoms with van der Waals surface area (Å²) in [6, 6.07) is 16.0. The number of aryl methyl sites for hydroxylation is 1. The van der Waals surface area contributed by atoms with E-state index in [1.807, 2.05) is 24.3 Å². The average molecular weight is 361 g/mol. The van der Waals surface area contributed by atoms with E-state index in [1.54, 1.807) is 17.9 Å². The summed E-state index contributed by atoms with van der Waals surface area (Å²) < 4.78 is 2.22. The molecule has 1 aromatic heterocycles. The summed E-state index contributed by atoms with van der Waals surface area (Å²) in [7, 11) is 0. The first kappa shape index (κ1) is 17.3. The van der Waals surface area contributed by atoms with Gasteiger partial charge in [-0.1, -0.05) is 18.2 Å². The second kappa shape index (κ2) is 7.27. The fourth-order valence-corrected chi connectivity index (χ4v) is 3.76. The largest absolute Gasteiger partial charge is 0.352 e. The van der Waals surface area contributed by atoms with Gasteiger partial charge in [0.2, 0.25) is 5.91 Å². The Balaban J connectivity index is 1.33. The second-order valence-corrected chi connectivity index (χ2v) is 6.94. The van der Waals surface area contributed by atoms with Crippen molar-refractivity contribution < 1.29 is 9.59 Å². The van der Waals surface area contributed by atoms with Gasteiger partial charge in [-0.05, 0) is 54.1 Å². The number of para-hydroxylation sites is 1. The number of carbonyl (C=O) groups excluding carboxylic acids is 2. The number of hydrogen-bond acceptors (Lipinski definition) is 2. The lowest BCUT2D eigenvalue weighted by Crippen LogP contribution is -2.26. The summed E-state index contributed by atoms with van der Waals surface area (Å²) in [6.07, 6.45) is 3.76. The van der Waals surface area contributed by atoms with E-state index < -0.39 is 0 Å². The molecule has 0 aliphatic carbocycles. The lowest BCUT2D eigenvalue weighted by molar-refractivity contribution is -0.116. The molecule has 5 heteroatoms. The van der Waals surface area contributed by atoms with E-state index in [-0.39, 0.29) is 11.8 Å². The van der Waals surface area contributed by atoms with E-state index in [1.165, 1.54) is 10.9 Å². The molecule has 0 saturated carbocycles. The molecule has 0 bridgehead atoms. The van der Waals surface area contributed by atoms with Gasteiger partial charge < -0.3 is 14.8 Å². The zero-order valence-electron chi connectivity index (χ0n) is 15.4. The highest BCUT2D eigenvalue weighted by Gasteiger charge is 2.23. The predicted molar refractivity (Wildman–Crippen MR) is 107 cm³/mol. The third-order valence-corrected chi connectivity index (χ3v) is 5.16. The van der Waals surface area contributed by atoms with Gasteiger partial charge in [0, 0.05) is 49.5 Å². The molecule has 1 N–H and O–H groups in total. The highest BCUT2D eigenvalue weighted by molar-refractivity contribution is 5.97. The number of amides is 2. The third-order valence-electron chi connectivity index (χ3n) is 5.16. The van der Waals surface area contributed by atoms with Crippen molar-refractivity contribution in [2.75, 3.05) is 18.0 Å². The van der Waals surface area contributed by atoms with Crippen molar-refractivity contribution >= 4 is 28.4 Å². The first-order chi connectivity index (χ1) is 13.1. The van der Waals surface area contributed by atoms with Gasteiger partial charge in [-0.25, -0.2) is 0 Å². The molecule has 1 aliphatic rings. The Kier molecular flexibility index (Phi) is 4.67. The molecule has 3 aromatic rings. The number of hydrogen-bond donors (Lipinski definition) is 1. The van der Waals surface area contributed by atoms with Crippen molar-refractivity contribution in [1.82, 2.24) is 9.88 Å². The quantitative estimate of drug-likeness (QED) is 0.709. The van der Waals surface area contributed by atoms with Gasteiger partial charge in [0.1, 0.15) is 0 Å². The SMILES string of the molecule is CC(=O)N1CCc2cc(C(=O)NCCCn3ccc4ccccc43)ccc21. The molecular formula is C22H23N3O2. The molecule has 1 aliphatic heterocycles. The minimum absolute atomic E-state index is 0.0449. The molecule has 27 heavy (non-hydrogen) atoms. The number of carbonyl (C=O) groups is 2. The van der Waals surface area contributed by atoms with Crippen molar-refractivity contribution in [3.8, 4) is 0 Å². The third kappa shape index (κ3) is 3.45. The number of nitrogens with zero attached hydrogens (tertiary/aromatic N) is 2. The van der Waals surface area contributed by atoms with E-state index in [2.05, 4.69) is 34.3 Å². The van der Waals surface area contributed by atoms with Crippen molar-refractivity contribution in [2.45, 2.75) is 26.3 Å². The Morgan fingerprint density at radius 1 is 1.11 bits per heavy atom. The second-order valence-electron chi connectivity index (χ2n) is 6.94. The zero-order chi connectivity index (χ0) is 18.8. The van der Waals surface area contributed by atoms with Crippen LogP contribution in [0.25, 0.3) is 10.9 Å². The summed E-state index contributed by atoms with van der Waals surface area (Å²) in [4.78, 5) is 25.8. The maximum absolute atomic E-state index is 12.4. The smallest absolute Gasteiger partial charge is 0.251 e. The van der Waals surface area contributed by atoms with Gasteiger partial charge >= 0.3 is 0 Å². The highest BCUT2D eigenvalue weighted by Crippen LogP contribution is 2.28. The molecule has 4 rings (SSSR count). The maximum atomic E-state index is 12.4. The van der Waals surface area contributed by atoms with Gasteiger partial charge in [0.05, 0.1) is 0 Å². The van der Waals surface area contributed by atoms with E-state index in [0.717, 1.165) is 30.6 Å². The van der Waals surface area contributed by atoms with Crippen molar-refractivity contribution in [3.05, 3.63) is 65.9 Å². The van der Waals surface area contributed by atoms with Crippen LogP contribution in [0.5, 0.6) is 0 Å². The highest BCUT2D eigenvalue weighted by atomic mass is 16.2. The van der Waals surface area contributed by atoms with Crippen LogP contribution in [0.15, 0.2) is 54.7 Å². The number of anilines is 1. The van der Waals surface area contributed by atoms with Crippen LogP contribution >= 0.6 is 0 Å². The number of benzene rings is 2. The van der Waals surface area contributed by atoms with Crippen molar-refractivity contribution in [1.29, 1.82) is 0 Å². The van der Waals surface area contributed by atoms with Crippen LogP contribution in [0.1, 0.15) is 29.3 Å². The molecule has 0 radical (unpaired) electrons. The molecule has 2 heterocycles. The van der Waals surface area contributed by atoms with Gasteiger partial charge in [-0.2, -0.15) is 0 Å². The number of rotatable bonds is 5. The number of fused-ring (bicyclic) bond motifs is 2. The summed E-state index contributed by atoms with van der Waals surface area (Å²) in [5.74, 6) is -0.0140. The molecule has 0 saturated heterocycles. The first-order valence-electron chi connectivity index (χ1n) is 9.36. The van der Waals surface area contributed by atoms with E-state index >= 15 is 0 Å². The Morgan fingerprint density at radius 3 is 2.81 bits per heavy atom. The Morgan fingerprint density at radius 2 is 1.96 bits per heavy atom. The van der Waals surface area contributed by atoms with E-state index in [0.29, 0.717) is 18.7 Å². The van der Waals surface area contributed by atoms with Gasteiger partial charge in [-0.3, -0.25) is 9.59 Å². The lowest BCUT2D eigenvalue weighted by Gasteiger charge is -2.14. The minimum Gasteiger partial charge on any atom is -0.352 e. The molecule has 2 amide bonds. The van der Waals surface area contributed by atoms with Gasteiger partial charge in [0.25, 0.3) is 5.91 Å². The molecule has 0 fully saturated rings. The van der Waals surface area contributed by atoms with Crippen molar-refractivity contribution in [3.63, 3.8) is 0 Å². The zero-order valence-corrected chi connectivity index (χ0v) is 15.4. The summed E-state index contributed by atoms with van der Waals surface area (Å²) in [5.41, 5.74) is 3.87.